The largest absolute Gasteiger partial charge is 0.394 e. The van der Waals surface area contributed by atoms with Crippen LogP contribution in [0.4, 0.5) is 0 Å². The van der Waals surface area contributed by atoms with Crippen LogP contribution < -0.4 is 0 Å². The van der Waals surface area contributed by atoms with Gasteiger partial charge in [0, 0.05) is 19.1 Å². The molecule has 0 fully saturated rings. The van der Waals surface area contributed by atoms with Crippen LogP contribution >= 0.6 is 0 Å². The topological polar surface area (TPSA) is 43.7 Å². The van der Waals surface area contributed by atoms with Gasteiger partial charge < -0.3 is 10.2 Å². The van der Waals surface area contributed by atoms with Crippen molar-refractivity contribution < 1.29 is 10.2 Å². The van der Waals surface area contributed by atoms with Crippen LogP contribution in [0.25, 0.3) is 0 Å². The Bertz CT molecular complexity index is 736. The highest BCUT2D eigenvalue weighted by Crippen LogP contribution is 2.19. The molecule has 0 bridgehead atoms. The minimum Gasteiger partial charge on any atom is -0.394 e. The van der Waals surface area contributed by atoms with Gasteiger partial charge in [0.1, 0.15) is 0 Å². The number of rotatable bonds is 9. The van der Waals surface area contributed by atoms with Gasteiger partial charge in [0.25, 0.3) is 0 Å². The second-order valence-corrected chi connectivity index (χ2v) is 6.88. The highest BCUT2D eigenvalue weighted by atomic mass is 16.3. The van der Waals surface area contributed by atoms with E-state index in [-0.39, 0.29) is 12.6 Å². The van der Waals surface area contributed by atoms with Crippen LogP contribution in [-0.2, 0) is 19.5 Å². The van der Waals surface area contributed by atoms with Gasteiger partial charge in [-0.1, -0.05) is 91.0 Å². The summed E-state index contributed by atoms with van der Waals surface area (Å²) in [5.74, 6) is 0. The lowest BCUT2D eigenvalue weighted by Crippen LogP contribution is -2.46. The van der Waals surface area contributed by atoms with Gasteiger partial charge in [0.2, 0.25) is 0 Å². The molecule has 140 valence electrons. The zero-order valence-electron chi connectivity index (χ0n) is 15.5. The highest BCUT2D eigenvalue weighted by Gasteiger charge is 2.26. The molecule has 2 atom stereocenters. The Morgan fingerprint density at radius 1 is 0.630 bits per heavy atom. The molecule has 2 N–H and O–H groups in total. The molecule has 0 aliphatic heterocycles. The van der Waals surface area contributed by atoms with Crippen LogP contribution in [0.2, 0.25) is 0 Å². The van der Waals surface area contributed by atoms with Gasteiger partial charge >= 0.3 is 0 Å². The van der Waals surface area contributed by atoms with Crippen LogP contribution in [0.1, 0.15) is 16.7 Å². The zero-order valence-corrected chi connectivity index (χ0v) is 15.5. The zero-order chi connectivity index (χ0) is 18.9. The molecule has 0 radical (unpaired) electrons. The number of aliphatic hydroxyl groups is 2. The summed E-state index contributed by atoms with van der Waals surface area (Å²) in [5, 5.41) is 20.3. The van der Waals surface area contributed by atoms with Gasteiger partial charge in [-0.25, -0.2) is 0 Å². The Morgan fingerprint density at radius 2 is 1.04 bits per heavy atom. The quantitative estimate of drug-likeness (QED) is 0.611. The summed E-state index contributed by atoms with van der Waals surface area (Å²) in [6.07, 6.45) is -0.125. The Labute approximate surface area is 161 Å². The summed E-state index contributed by atoms with van der Waals surface area (Å²) in [6, 6.07) is 30.5. The number of aliphatic hydroxyl groups excluding tert-OH is 2. The summed E-state index contributed by atoms with van der Waals surface area (Å²) >= 11 is 0. The standard InChI is InChI=1S/C24H27NO2/c26-19-24(27)23(16-20-10-4-1-5-11-20)25(17-21-12-6-2-7-13-21)18-22-14-8-3-9-15-22/h1-15,23-24,26-27H,16-19H2/t23-,24-/m0/s1. The Hall–Kier alpha value is -2.46. The van der Waals surface area contributed by atoms with E-state index >= 15 is 0 Å². The number of hydrogen-bond acceptors (Lipinski definition) is 3. The van der Waals surface area contributed by atoms with Crippen molar-refractivity contribution in [1.82, 2.24) is 4.90 Å². The molecule has 3 rings (SSSR count). The number of nitrogens with zero attached hydrogens (tertiary/aromatic N) is 1. The lowest BCUT2D eigenvalue weighted by Gasteiger charge is -2.35. The molecule has 0 aliphatic carbocycles. The van der Waals surface area contributed by atoms with Crippen LogP contribution in [0.3, 0.4) is 0 Å². The van der Waals surface area contributed by atoms with Crippen LogP contribution in [0.5, 0.6) is 0 Å². The van der Waals surface area contributed by atoms with E-state index in [0.717, 1.165) is 5.56 Å². The van der Waals surface area contributed by atoms with E-state index in [2.05, 4.69) is 41.3 Å². The van der Waals surface area contributed by atoms with Crippen LogP contribution in [-0.4, -0.2) is 33.9 Å². The molecule has 0 unspecified atom stereocenters. The molecule has 3 heteroatoms. The third-order valence-electron chi connectivity index (χ3n) is 4.84. The first-order valence-electron chi connectivity index (χ1n) is 9.41. The van der Waals surface area contributed by atoms with Gasteiger partial charge in [-0.2, -0.15) is 0 Å². The lowest BCUT2D eigenvalue weighted by atomic mass is 9.98. The van der Waals surface area contributed by atoms with Gasteiger partial charge in [0.05, 0.1) is 12.7 Å². The summed E-state index contributed by atoms with van der Waals surface area (Å²) in [5.41, 5.74) is 3.54. The summed E-state index contributed by atoms with van der Waals surface area (Å²) in [6.45, 7) is 1.17. The van der Waals surface area contributed by atoms with Crippen molar-refractivity contribution in [3.05, 3.63) is 108 Å². The molecule has 3 aromatic rings. The van der Waals surface area contributed by atoms with E-state index in [1.807, 2.05) is 54.6 Å². The van der Waals surface area contributed by atoms with Crippen molar-refractivity contribution in [2.45, 2.75) is 31.7 Å². The lowest BCUT2D eigenvalue weighted by molar-refractivity contribution is 0.00381. The summed E-state index contributed by atoms with van der Waals surface area (Å²) in [4.78, 5) is 2.26. The highest BCUT2D eigenvalue weighted by molar-refractivity contribution is 5.20. The van der Waals surface area contributed by atoms with Crippen molar-refractivity contribution in [1.29, 1.82) is 0 Å². The molecule has 27 heavy (non-hydrogen) atoms. The first-order valence-corrected chi connectivity index (χ1v) is 9.41. The molecule has 0 saturated carbocycles. The second kappa shape index (κ2) is 10.0. The van der Waals surface area contributed by atoms with E-state index < -0.39 is 6.10 Å². The van der Waals surface area contributed by atoms with Crippen molar-refractivity contribution in [2.24, 2.45) is 0 Å². The molecular weight excluding hydrogens is 334 g/mol. The predicted octanol–water partition coefficient (Wildman–Crippen LogP) is 3.65. The fraction of sp³-hybridized carbons (Fsp3) is 0.250. The van der Waals surface area contributed by atoms with E-state index in [1.54, 1.807) is 0 Å². The molecule has 0 heterocycles. The first-order chi connectivity index (χ1) is 13.3. The van der Waals surface area contributed by atoms with Crippen molar-refractivity contribution >= 4 is 0 Å². The average molecular weight is 361 g/mol. The normalized spacial score (nSPS) is 13.4. The number of hydrogen-bond donors (Lipinski definition) is 2. The van der Waals surface area contributed by atoms with Crippen molar-refractivity contribution in [3.8, 4) is 0 Å². The van der Waals surface area contributed by atoms with E-state index in [9.17, 15) is 10.2 Å². The van der Waals surface area contributed by atoms with Crippen LogP contribution in [0.15, 0.2) is 91.0 Å². The summed E-state index contributed by atoms with van der Waals surface area (Å²) in [7, 11) is 0. The van der Waals surface area contributed by atoms with E-state index in [0.29, 0.717) is 19.5 Å². The smallest absolute Gasteiger partial charge is 0.0929 e. The minimum absolute atomic E-state index is 0.183. The van der Waals surface area contributed by atoms with Crippen molar-refractivity contribution in [3.63, 3.8) is 0 Å². The molecule has 0 aliphatic rings. The maximum Gasteiger partial charge on any atom is 0.0929 e. The third-order valence-corrected chi connectivity index (χ3v) is 4.84. The first kappa shape index (κ1) is 19.3. The molecule has 0 amide bonds. The van der Waals surface area contributed by atoms with E-state index in [1.165, 1.54) is 11.1 Å². The van der Waals surface area contributed by atoms with Crippen LogP contribution in [0, 0.1) is 0 Å². The molecule has 0 aromatic heterocycles. The molecule has 0 saturated heterocycles. The monoisotopic (exact) mass is 361 g/mol. The maximum absolute atomic E-state index is 10.6. The van der Waals surface area contributed by atoms with Gasteiger partial charge in [0.15, 0.2) is 0 Å². The third kappa shape index (κ3) is 5.76. The van der Waals surface area contributed by atoms with Gasteiger partial charge in [-0.3, -0.25) is 4.90 Å². The van der Waals surface area contributed by atoms with Gasteiger partial charge in [-0.05, 0) is 23.1 Å². The average Bonchev–Trinajstić information content (AvgIpc) is 2.73. The molecule has 0 spiro atoms. The van der Waals surface area contributed by atoms with Crippen molar-refractivity contribution in [2.75, 3.05) is 6.61 Å². The van der Waals surface area contributed by atoms with Gasteiger partial charge in [-0.15, -0.1) is 0 Å². The minimum atomic E-state index is -0.808. The van der Waals surface area contributed by atoms with E-state index in [4.69, 9.17) is 0 Å². The fourth-order valence-corrected chi connectivity index (χ4v) is 3.41. The Morgan fingerprint density at radius 3 is 1.44 bits per heavy atom. The second-order valence-electron chi connectivity index (χ2n) is 6.88. The SMILES string of the molecule is OC[C@H](O)[C@H](Cc1ccccc1)N(Cc1ccccc1)Cc1ccccc1. The Balaban J connectivity index is 1.88. The molecular formula is C24H27NO2. The Kier molecular flexibility index (Phi) is 7.17. The maximum atomic E-state index is 10.6. The molecule has 3 nitrogen and oxygen atoms in total. The fourth-order valence-electron chi connectivity index (χ4n) is 3.41. The predicted molar refractivity (Wildman–Crippen MR) is 109 cm³/mol. The number of benzene rings is 3. The summed E-state index contributed by atoms with van der Waals surface area (Å²) < 4.78 is 0. The molecule has 3 aromatic carbocycles.